The van der Waals surface area contributed by atoms with Crippen LogP contribution in [-0.4, -0.2) is 53.7 Å². The van der Waals surface area contributed by atoms with E-state index in [4.69, 9.17) is 5.73 Å². The van der Waals surface area contributed by atoms with Gasteiger partial charge in [0.2, 0.25) is 17.7 Å². The average Bonchev–Trinajstić information content (AvgIpc) is 3.88. The molecule has 3 aromatic carbocycles. The molecule has 1 saturated heterocycles. The van der Waals surface area contributed by atoms with E-state index < -0.39 is 17.7 Å². The molecule has 1 unspecified atom stereocenters. The Morgan fingerprint density at radius 3 is 1.48 bits per heavy atom. The summed E-state index contributed by atoms with van der Waals surface area (Å²) in [4.78, 5) is 53.4. The Morgan fingerprint density at radius 2 is 1.05 bits per heavy atom. The lowest BCUT2D eigenvalue weighted by Crippen LogP contribution is -2.43. The molecule has 3 aliphatic rings. The first-order valence-corrected chi connectivity index (χ1v) is 13.8. The van der Waals surface area contributed by atoms with Crippen LogP contribution < -0.4 is 16.4 Å². The number of primary amides is 1. The number of amides is 4. The third-order valence-corrected chi connectivity index (χ3v) is 8.39. The second-order valence-corrected chi connectivity index (χ2v) is 11.1. The first-order valence-electron chi connectivity index (χ1n) is 13.8. The average molecular weight is 537 g/mol. The van der Waals surface area contributed by atoms with E-state index in [1.807, 2.05) is 36.4 Å². The van der Waals surface area contributed by atoms with Crippen molar-refractivity contribution in [3.8, 4) is 0 Å². The fourth-order valence-electron chi connectivity index (χ4n) is 5.89. The highest BCUT2D eigenvalue weighted by molar-refractivity contribution is 5.98. The number of nitrogens with two attached hydrogens (primary N) is 1. The van der Waals surface area contributed by atoms with E-state index in [1.165, 1.54) is 23.3 Å². The highest BCUT2D eigenvalue weighted by atomic mass is 16.2. The molecule has 0 radical (unpaired) electrons. The molecular formula is C32H32N4O4. The van der Waals surface area contributed by atoms with Gasteiger partial charge in [0, 0.05) is 48.1 Å². The van der Waals surface area contributed by atoms with Crippen LogP contribution in [0.4, 0.5) is 0 Å². The largest absolute Gasteiger partial charge is 0.366 e. The van der Waals surface area contributed by atoms with Crippen LogP contribution in [0.3, 0.4) is 0 Å². The quantitative estimate of drug-likeness (QED) is 0.410. The van der Waals surface area contributed by atoms with Crippen molar-refractivity contribution in [2.45, 2.75) is 36.8 Å². The van der Waals surface area contributed by atoms with E-state index in [0.717, 1.165) is 12.8 Å². The number of benzene rings is 3. The number of carbonyl (C=O) groups is 4. The molecule has 2 aliphatic carbocycles. The van der Waals surface area contributed by atoms with Gasteiger partial charge in [-0.3, -0.25) is 19.2 Å². The maximum Gasteiger partial charge on any atom is 0.253 e. The van der Waals surface area contributed by atoms with Crippen molar-refractivity contribution in [1.29, 1.82) is 0 Å². The molecule has 2 saturated carbocycles. The van der Waals surface area contributed by atoms with Crippen molar-refractivity contribution in [3.05, 3.63) is 107 Å². The number of likely N-dealkylation sites (tertiary alicyclic amines) is 1. The number of nitrogens with zero attached hydrogens (tertiary/aromatic N) is 1. The zero-order valence-electron chi connectivity index (χ0n) is 22.0. The van der Waals surface area contributed by atoms with Gasteiger partial charge >= 0.3 is 0 Å². The summed E-state index contributed by atoms with van der Waals surface area (Å²) in [6.07, 6.45) is 1.71. The zero-order chi connectivity index (χ0) is 27.8. The van der Waals surface area contributed by atoms with Gasteiger partial charge < -0.3 is 21.3 Å². The van der Waals surface area contributed by atoms with E-state index in [1.54, 1.807) is 17.0 Å². The van der Waals surface area contributed by atoms with Crippen LogP contribution in [0.15, 0.2) is 84.9 Å². The maximum absolute atomic E-state index is 13.5. The third kappa shape index (κ3) is 5.34. The molecule has 0 aromatic heterocycles. The van der Waals surface area contributed by atoms with Crippen LogP contribution >= 0.6 is 0 Å². The van der Waals surface area contributed by atoms with E-state index >= 15 is 0 Å². The third-order valence-electron chi connectivity index (χ3n) is 8.39. The molecule has 6 atom stereocenters. The predicted octanol–water partition coefficient (Wildman–Crippen LogP) is 2.82. The Morgan fingerprint density at radius 1 is 0.625 bits per heavy atom. The van der Waals surface area contributed by atoms with Crippen LogP contribution in [0.5, 0.6) is 0 Å². The minimum Gasteiger partial charge on any atom is -0.366 e. The van der Waals surface area contributed by atoms with Gasteiger partial charge in [0.15, 0.2) is 0 Å². The van der Waals surface area contributed by atoms with E-state index in [9.17, 15) is 19.2 Å². The van der Waals surface area contributed by atoms with Crippen molar-refractivity contribution in [3.63, 3.8) is 0 Å². The topological polar surface area (TPSA) is 122 Å². The molecule has 3 aromatic rings. The van der Waals surface area contributed by atoms with Gasteiger partial charge in [0.05, 0.1) is 11.8 Å². The summed E-state index contributed by atoms with van der Waals surface area (Å²) in [6, 6.07) is 26.3. The Balaban J connectivity index is 1.15. The molecule has 3 fully saturated rings. The molecule has 40 heavy (non-hydrogen) atoms. The van der Waals surface area contributed by atoms with Crippen molar-refractivity contribution >= 4 is 23.6 Å². The van der Waals surface area contributed by atoms with Crippen LogP contribution in [0.1, 0.15) is 56.5 Å². The molecular weight excluding hydrogens is 504 g/mol. The molecule has 1 aliphatic heterocycles. The molecule has 204 valence electrons. The van der Waals surface area contributed by atoms with Gasteiger partial charge in [-0.2, -0.15) is 0 Å². The van der Waals surface area contributed by atoms with E-state index in [0.29, 0.717) is 11.1 Å². The smallest absolute Gasteiger partial charge is 0.253 e. The minimum absolute atomic E-state index is 0.0237. The van der Waals surface area contributed by atoms with E-state index in [2.05, 4.69) is 34.9 Å². The first kappa shape index (κ1) is 25.8. The Bertz CT molecular complexity index is 1350. The molecule has 8 heteroatoms. The molecule has 0 spiro atoms. The number of rotatable bonds is 8. The monoisotopic (exact) mass is 536 g/mol. The summed E-state index contributed by atoms with van der Waals surface area (Å²) in [7, 11) is 0. The summed E-state index contributed by atoms with van der Waals surface area (Å²) in [5.41, 5.74) is 8.38. The highest BCUT2D eigenvalue weighted by Crippen LogP contribution is 2.42. The Labute approximate surface area is 232 Å². The summed E-state index contributed by atoms with van der Waals surface area (Å²) in [5.74, 6) is -2.03. The molecule has 4 N–H and O–H groups in total. The van der Waals surface area contributed by atoms with Gasteiger partial charge in [0.1, 0.15) is 0 Å². The lowest BCUT2D eigenvalue weighted by molar-refractivity contribution is -0.133. The second-order valence-electron chi connectivity index (χ2n) is 11.1. The van der Waals surface area contributed by atoms with Gasteiger partial charge in [-0.1, -0.05) is 60.7 Å². The fraction of sp³-hybridized carbons (Fsp3) is 0.312. The highest BCUT2D eigenvalue weighted by Gasteiger charge is 2.48. The summed E-state index contributed by atoms with van der Waals surface area (Å²) in [6.45, 7) is 0.297. The van der Waals surface area contributed by atoms with Crippen molar-refractivity contribution in [2.75, 3.05) is 13.1 Å². The number of hydrogen-bond donors (Lipinski definition) is 3. The van der Waals surface area contributed by atoms with E-state index in [-0.39, 0.29) is 54.7 Å². The fourth-order valence-corrected chi connectivity index (χ4v) is 5.89. The van der Waals surface area contributed by atoms with Gasteiger partial charge in [-0.05, 0) is 48.2 Å². The van der Waals surface area contributed by atoms with Gasteiger partial charge in [0.25, 0.3) is 5.91 Å². The van der Waals surface area contributed by atoms with Crippen molar-refractivity contribution < 1.29 is 19.2 Å². The van der Waals surface area contributed by atoms with Crippen molar-refractivity contribution in [1.82, 2.24) is 15.5 Å². The van der Waals surface area contributed by atoms with Gasteiger partial charge in [-0.15, -0.1) is 0 Å². The van der Waals surface area contributed by atoms with Crippen LogP contribution in [0.2, 0.25) is 0 Å². The summed E-state index contributed by atoms with van der Waals surface area (Å²) < 4.78 is 0. The summed E-state index contributed by atoms with van der Waals surface area (Å²) >= 11 is 0. The standard InChI is InChI=1S/C32H32N4O4/c33-29(37)21-11-13-22(14-12-21)32(40)36-17-25(30(38)34-27-15-23(27)19-7-3-1-4-8-19)26(18-36)31(39)35-28-16-24(28)20-9-5-2-6-10-20/h1-14,23-28H,15-18H2,(H2,33,37)(H,34,38)(H,35,39)/t23-,24-,25-,26?,27+,28+/m1/s1. The number of hydrogen-bond acceptors (Lipinski definition) is 4. The number of carbonyl (C=O) groups excluding carboxylic acids is 4. The molecule has 6 rings (SSSR count). The molecule has 0 bridgehead atoms. The minimum atomic E-state index is -0.653. The normalized spacial score (nSPS) is 26.6. The van der Waals surface area contributed by atoms with Crippen LogP contribution in [-0.2, 0) is 9.59 Å². The van der Waals surface area contributed by atoms with Crippen molar-refractivity contribution in [2.24, 2.45) is 17.6 Å². The predicted molar refractivity (Wildman–Crippen MR) is 149 cm³/mol. The van der Waals surface area contributed by atoms with Crippen LogP contribution in [0, 0.1) is 11.8 Å². The van der Waals surface area contributed by atoms with Crippen LogP contribution in [0.25, 0.3) is 0 Å². The number of nitrogens with one attached hydrogen (secondary N) is 2. The van der Waals surface area contributed by atoms with Gasteiger partial charge in [-0.25, -0.2) is 0 Å². The second kappa shape index (κ2) is 10.6. The molecule has 1 heterocycles. The Kier molecular flexibility index (Phi) is 6.84. The zero-order valence-corrected chi connectivity index (χ0v) is 22.0. The molecule has 8 nitrogen and oxygen atoms in total. The first-order chi connectivity index (χ1) is 19.4. The molecule has 4 amide bonds. The lowest BCUT2D eigenvalue weighted by Gasteiger charge is -2.18. The Hall–Kier alpha value is -4.46. The SMILES string of the molecule is NC(=O)c1ccc(C(=O)N2CC(C(=O)N[C@H]3C[C@@H]3c3ccccc3)[C@H](C(=O)N[C@H]3C[C@@H]3c3ccccc3)C2)cc1. The maximum atomic E-state index is 13.5. The summed E-state index contributed by atoms with van der Waals surface area (Å²) in [5, 5.41) is 6.29. The lowest BCUT2D eigenvalue weighted by atomic mass is 9.94.